The lowest BCUT2D eigenvalue weighted by Crippen LogP contribution is -1.96. The Hall–Kier alpha value is -3.54. The van der Waals surface area contributed by atoms with E-state index in [2.05, 4.69) is 60.2 Å². The standard InChI is InChI=1S/C22H20N6/c1-3-27-17-7-5-13-23-21(17)19(25-27)15-9-11-16(12-10-15)20-22-18(8-6-14-24-22)28(4-2)26-20/h5-14H,3-4H2,1-2H3. The van der Waals surface area contributed by atoms with E-state index < -0.39 is 0 Å². The highest BCUT2D eigenvalue weighted by Crippen LogP contribution is 2.30. The van der Waals surface area contributed by atoms with Gasteiger partial charge in [-0.1, -0.05) is 24.3 Å². The van der Waals surface area contributed by atoms with Crippen LogP contribution in [0.15, 0.2) is 60.9 Å². The fraction of sp³-hybridized carbons (Fsp3) is 0.182. The van der Waals surface area contributed by atoms with Crippen LogP contribution in [0, 0.1) is 0 Å². The van der Waals surface area contributed by atoms with Crippen molar-refractivity contribution >= 4 is 22.1 Å². The number of fused-ring (bicyclic) bond motifs is 2. The minimum absolute atomic E-state index is 0.812. The van der Waals surface area contributed by atoms with Gasteiger partial charge < -0.3 is 0 Å². The summed E-state index contributed by atoms with van der Waals surface area (Å²) in [5, 5.41) is 9.54. The predicted octanol–water partition coefficient (Wildman–Crippen LogP) is 4.55. The van der Waals surface area contributed by atoms with Crippen molar-refractivity contribution in [1.29, 1.82) is 0 Å². The Morgan fingerprint density at radius 2 is 1.07 bits per heavy atom. The maximum absolute atomic E-state index is 4.77. The zero-order valence-electron chi connectivity index (χ0n) is 15.9. The van der Waals surface area contributed by atoms with E-state index >= 15 is 0 Å². The lowest BCUT2D eigenvalue weighted by atomic mass is 10.1. The third kappa shape index (κ3) is 2.49. The van der Waals surface area contributed by atoms with Gasteiger partial charge in [0.2, 0.25) is 0 Å². The maximum atomic E-state index is 4.77. The molecule has 0 saturated heterocycles. The maximum Gasteiger partial charge on any atom is 0.119 e. The average Bonchev–Trinajstić information content (AvgIpc) is 3.32. The van der Waals surface area contributed by atoms with Crippen LogP contribution in [-0.2, 0) is 13.1 Å². The molecule has 1 aromatic carbocycles. The zero-order valence-corrected chi connectivity index (χ0v) is 15.9. The molecule has 6 nitrogen and oxygen atoms in total. The summed E-state index contributed by atoms with van der Waals surface area (Å²) in [6.07, 6.45) is 3.63. The highest BCUT2D eigenvalue weighted by molar-refractivity contribution is 5.92. The van der Waals surface area contributed by atoms with E-state index in [1.807, 2.05) is 33.9 Å². The van der Waals surface area contributed by atoms with Crippen molar-refractivity contribution in [1.82, 2.24) is 29.5 Å². The molecule has 0 atom stereocenters. The molecule has 28 heavy (non-hydrogen) atoms. The fourth-order valence-corrected chi connectivity index (χ4v) is 3.68. The first-order valence-corrected chi connectivity index (χ1v) is 9.54. The van der Waals surface area contributed by atoms with Crippen LogP contribution >= 0.6 is 0 Å². The number of aryl methyl sites for hydroxylation is 2. The molecule has 0 amide bonds. The van der Waals surface area contributed by atoms with Gasteiger partial charge in [0.15, 0.2) is 0 Å². The summed E-state index contributed by atoms with van der Waals surface area (Å²) >= 11 is 0. The monoisotopic (exact) mass is 368 g/mol. The number of hydrogen-bond acceptors (Lipinski definition) is 4. The molecule has 0 bridgehead atoms. The van der Waals surface area contributed by atoms with Gasteiger partial charge in [0.1, 0.15) is 22.4 Å². The van der Waals surface area contributed by atoms with Gasteiger partial charge in [0.05, 0.1) is 11.0 Å². The van der Waals surface area contributed by atoms with E-state index in [4.69, 9.17) is 10.2 Å². The Labute approximate surface area is 162 Å². The Kier molecular flexibility index (Phi) is 3.90. The second-order valence-electron chi connectivity index (χ2n) is 6.65. The van der Waals surface area contributed by atoms with E-state index in [0.717, 1.165) is 57.7 Å². The first-order chi connectivity index (χ1) is 13.8. The van der Waals surface area contributed by atoms with Gasteiger partial charge in [0.25, 0.3) is 0 Å². The van der Waals surface area contributed by atoms with Crippen LogP contribution in [0.25, 0.3) is 44.6 Å². The summed E-state index contributed by atoms with van der Waals surface area (Å²) < 4.78 is 3.98. The molecule has 0 aliphatic heterocycles. The molecule has 4 heterocycles. The van der Waals surface area contributed by atoms with E-state index in [9.17, 15) is 0 Å². The lowest BCUT2D eigenvalue weighted by molar-refractivity contribution is 0.686. The minimum Gasteiger partial charge on any atom is -0.263 e. The molecule has 0 aliphatic rings. The van der Waals surface area contributed by atoms with Crippen LogP contribution in [0.3, 0.4) is 0 Å². The van der Waals surface area contributed by atoms with Crippen molar-refractivity contribution in [3.63, 3.8) is 0 Å². The van der Waals surface area contributed by atoms with Crippen LogP contribution in [0.1, 0.15) is 13.8 Å². The Morgan fingerprint density at radius 3 is 1.46 bits per heavy atom. The van der Waals surface area contributed by atoms with E-state index in [-0.39, 0.29) is 0 Å². The van der Waals surface area contributed by atoms with Crippen molar-refractivity contribution in [3.8, 4) is 22.5 Å². The summed E-state index contributed by atoms with van der Waals surface area (Å²) in [4.78, 5) is 9.11. The Balaban J connectivity index is 1.61. The van der Waals surface area contributed by atoms with Gasteiger partial charge in [0, 0.05) is 36.6 Å². The molecule has 5 aromatic rings. The zero-order chi connectivity index (χ0) is 19.1. The second kappa shape index (κ2) is 6.56. The molecule has 5 rings (SSSR count). The lowest BCUT2D eigenvalue weighted by Gasteiger charge is -2.01. The van der Waals surface area contributed by atoms with E-state index in [0.29, 0.717) is 0 Å². The number of rotatable bonds is 4. The predicted molar refractivity (Wildman–Crippen MR) is 111 cm³/mol. The molecule has 4 aromatic heterocycles. The smallest absolute Gasteiger partial charge is 0.119 e. The van der Waals surface area contributed by atoms with Gasteiger partial charge in [-0.2, -0.15) is 10.2 Å². The fourth-order valence-electron chi connectivity index (χ4n) is 3.68. The van der Waals surface area contributed by atoms with Crippen LogP contribution in [0.5, 0.6) is 0 Å². The van der Waals surface area contributed by atoms with E-state index in [1.165, 1.54) is 0 Å². The molecule has 0 aliphatic carbocycles. The summed E-state index contributed by atoms with van der Waals surface area (Å²) in [5.41, 5.74) is 7.89. The average molecular weight is 368 g/mol. The Morgan fingerprint density at radius 1 is 0.643 bits per heavy atom. The van der Waals surface area contributed by atoms with Gasteiger partial charge in [-0.25, -0.2) is 0 Å². The largest absolute Gasteiger partial charge is 0.263 e. The molecule has 0 saturated carbocycles. The van der Waals surface area contributed by atoms with E-state index in [1.54, 1.807) is 0 Å². The first-order valence-electron chi connectivity index (χ1n) is 9.54. The van der Waals surface area contributed by atoms with Crippen LogP contribution in [-0.4, -0.2) is 29.5 Å². The molecule has 0 unspecified atom stereocenters. The van der Waals surface area contributed by atoms with Crippen molar-refractivity contribution in [3.05, 3.63) is 60.9 Å². The summed E-state index contributed by atoms with van der Waals surface area (Å²) in [5.74, 6) is 0. The van der Waals surface area contributed by atoms with Gasteiger partial charge in [-0.3, -0.25) is 19.3 Å². The van der Waals surface area contributed by atoms with Crippen molar-refractivity contribution in [2.75, 3.05) is 0 Å². The van der Waals surface area contributed by atoms with Crippen molar-refractivity contribution in [2.45, 2.75) is 26.9 Å². The summed E-state index contributed by atoms with van der Waals surface area (Å²) in [7, 11) is 0. The van der Waals surface area contributed by atoms with Crippen LogP contribution in [0.4, 0.5) is 0 Å². The number of pyridine rings is 2. The number of benzene rings is 1. The number of aromatic nitrogens is 6. The minimum atomic E-state index is 0.812. The summed E-state index contributed by atoms with van der Waals surface area (Å²) in [6.45, 7) is 5.81. The van der Waals surface area contributed by atoms with Gasteiger partial charge in [-0.05, 0) is 38.1 Å². The molecule has 138 valence electrons. The van der Waals surface area contributed by atoms with Crippen molar-refractivity contribution in [2.24, 2.45) is 0 Å². The molecule has 0 N–H and O–H groups in total. The Bertz CT molecular complexity index is 1180. The normalized spacial score (nSPS) is 11.5. The molecular formula is C22H20N6. The SMILES string of the molecule is CCn1nc(-c2ccc(-c3nn(CC)c4cccnc34)cc2)c2ncccc21. The number of nitrogens with zero attached hydrogens (tertiary/aromatic N) is 6. The molecule has 0 fully saturated rings. The molecule has 0 spiro atoms. The van der Waals surface area contributed by atoms with Crippen molar-refractivity contribution < 1.29 is 0 Å². The molecular weight excluding hydrogens is 348 g/mol. The molecule has 6 heteroatoms. The highest BCUT2D eigenvalue weighted by atomic mass is 15.3. The second-order valence-corrected chi connectivity index (χ2v) is 6.65. The van der Waals surface area contributed by atoms with Gasteiger partial charge in [-0.15, -0.1) is 0 Å². The molecule has 0 radical (unpaired) electrons. The summed E-state index contributed by atoms with van der Waals surface area (Å²) in [6, 6.07) is 16.4. The quantitative estimate of drug-likeness (QED) is 0.467. The number of hydrogen-bond donors (Lipinski definition) is 0. The van der Waals surface area contributed by atoms with Crippen LogP contribution < -0.4 is 0 Å². The third-order valence-corrected chi connectivity index (χ3v) is 5.05. The topological polar surface area (TPSA) is 61.4 Å². The highest BCUT2D eigenvalue weighted by Gasteiger charge is 2.15. The first kappa shape index (κ1) is 16.6. The third-order valence-electron chi connectivity index (χ3n) is 5.05. The van der Waals surface area contributed by atoms with Crippen LogP contribution in [0.2, 0.25) is 0 Å². The van der Waals surface area contributed by atoms with Gasteiger partial charge >= 0.3 is 0 Å².